The van der Waals surface area contributed by atoms with Crippen LogP contribution in [0.2, 0.25) is 5.02 Å². The van der Waals surface area contributed by atoms with Gasteiger partial charge in [-0.25, -0.2) is 0 Å². The summed E-state index contributed by atoms with van der Waals surface area (Å²) in [5.74, 6) is 0.547. The maximum atomic E-state index is 12.3. The molecule has 1 fully saturated rings. The van der Waals surface area contributed by atoms with Crippen molar-refractivity contribution in [3.05, 3.63) is 65.2 Å². The number of hydrogen-bond acceptors (Lipinski definition) is 5. The van der Waals surface area contributed by atoms with Gasteiger partial charge in [0.05, 0.1) is 16.3 Å². The molecule has 4 rings (SSSR count). The Labute approximate surface area is 172 Å². The minimum absolute atomic E-state index is 0.0373. The lowest BCUT2D eigenvalue weighted by atomic mass is 9.64. The molecule has 1 N–H and O–H groups in total. The fourth-order valence-electron chi connectivity index (χ4n) is 3.42. The highest BCUT2D eigenvalue weighted by Gasteiger charge is 2.38. The summed E-state index contributed by atoms with van der Waals surface area (Å²) < 4.78 is 5.62. The summed E-state index contributed by atoms with van der Waals surface area (Å²) in [5.41, 5.74) is 2.06. The van der Waals surface area contributed by atoms with Crippen LogP contribution in [0, 0.1) is 0 Å². The van der Waals surface area contributed by atoms with Crippen LogP contribution in [0.15, 0.2) is 64.2 Å². The fourth-order valence-corrected chi connectivity index (χ4v) is 4.23. The van der Waals surface area contributed by atoms with E-state index in [4.69, 9.17) is 16.0 Å². The van der Waals surface area contributed by atoms with Crippen molar-refractivity contribution in [2.24, 2.45) is 0 Å². The molecule has 144 valence electrons. The van der Waals surface area contributed by atoms with Gasteiger partial charge in [-0.3, -0.25) is 4.79 Å². The van der Waals surface area contributed by atoms with Crippen LogP contribution in [0.4, 0.5) is 0 Å². The second-order valence-corrected chi connectivity index (χ2v) is 8.25. The van der Waals surface area contributed by atoms with Crippen molar-refractivity contribution >= 4 is 29.3 Å². The van der Waals surface area contributed by atoms with E-state index in [1.54, 1.807) is 6.07 Å². The number of carbonyl (C=O) groups excluding carboxylic acids is 1. The van der Waals surface area contributed by atoms with Gasteiger partial charge in [0.25, 0.3) is 5.22 Å². The molecule has 3 aromatic rings. The predicted octanol–water partition coefficient (Wildman–Crippen LogP) is 4.72. The summed E-state index contributed by atoms with van der Waals surface area (Å²) in [7, 11) is 0. The molecule has 0 atom stereocenters. The maximum Gasteiger partial charge on any atom is 0.277 e. The van der Waals surface area contributed by atoms with Crippen molar-refractivity contribution in [1.82, 2.24) is 15.5 Å². The Hall–Kier alpha value is -2.31. The van der Waals surface area contributed by atoms with Crippen molar-refractivity contribution < 1.29 is 9.21 Å². The van der Waals surface area contributed by atoms with Crippen molar-refractivity contribution in [2.45, 2.75) is 29.9 Å². The Balaban J connectivity index is 1.31. The van der Waals surface area contributed by atoms with Crippen LogP contribution in [0.1, 0.15) is 24.8 Å². The molecule has 0 bridgehead atoms. The molecule has 0 saturated heterocycles. The number of amides is 1. The Bertz CT molecular complexity index is 957. The molecular formula is C21H20ClN3O2S. The number of hydrogen-bond donors (Lipinski definition) is 1. The lowest BCUT2D eigenvalue weighted by molar-refractivity contribution is -0.119. The number of carbonyl (C=O) groups is 1. The number of rotatable bonds is 7. The Morgan fingerprint density at radius 1 is 1.11 bits per heavy atom. The van der Waals surface area contributed by atoms with E-state index in [1.807, 2.05) is 24.3 Å². The molecule has 7 heteroatoms. The third-order valence-electron chi connectivity index (χ3n) is 5.16. The first-order valence-corrected chi connectivity index (χ1v) is 10.6. The third-order valence-corrected chi connectivity index (χ3v) is 6.31. The van der Waals surface area contributed by atoms with Gasteiger partial charge in [0.2, 0.25) is 11.8 Å². The van der Waals surface area contributed by atoms with Gasteiger partial charge < -0.3 is 9.73 Å². The van der Waals surface area contributed by atoms with Crippen LogP contribution in [0.5, 0.6) is 0 Å². The normalized spacial score (nSPS) is 15.0. The van der Waals surface area contributed by atoms with Gasteiger partial charge in [-0.1, -0.05) is 72.2 Å². The number of thioether (sulfide) groups is 1. The number of nitrogens with one attached hydrogen (secondary N) is 1. The average Bonchev–Trinajstić information content (AvgIpc) is 3.15. The molecule has 28 heavy (non-hydrogen) atoms. The van der Waals surface area contributed by atoms with Gasteiger partial charge in [0.1, 0.15) is 0 Å². The molecule has 1 aliphatic rings. The molecule has 0 radical (unpaired) electrons. The first-order valence-electron chi connectivity index (χ1n) is 9.20. The van der Waals surface area contributed by atoms with Crippen molar-refractivity contribution in [3.63, 3.8) is 0 Å². The first kappa shape index (κ1) is 19.0. The van der Waals surface area contributed by atoms with E-state index in [2.05, 4.69) is 39.8 Å². The van der Waals surface area contributed by atoms with Gasteiger partial charge in [0.15, 0.2) is 0 Å². The zero-order valence-corrected chi connectivity index (χ0v) is 16.8. The fraction of sp³-hybridized carbons (Fsp3) is 0.286. The largest absolute Gasteiger partial charge is 0.411 e. The highest BCUT2D eigenvalue weighted by Crippen LogP contribution is 2.43. The molecule has 0 spiro atoms. The molecule has 5 nitrogen and oxygen atoms in total. The average molecular weight is 414 g/mol. The molecule has 0 unspecified atom stereocenters. The lowest BCUT2D eigenvalue weighted by Crippen LogP contribution is -2.46. The summed E-state index contributed by atoms with van der Waals surface area (Å²) in [4.78, 5) is 12.3. The Morgan fingerprint density at radius 2 is 1.86 bits per heavy atom. The van der Waals surface area contributed by atoms with Crippen LogP contribution in [-0.4, -0.2) is 28.4 Å². The molecule has 1 aliphatic carbocycles. The molecule has 0 aliphatic heterocycles. The summed E-state index contributed by atoms with van der Waals surface area (Å²) in [5, 5.41) is 12.0. The zero-order valence-electron chi connectivity index (χ0n) is 15.2. The summed E-state index contributed by atoms with van der Waals surface area (Å²) in [6, 6.07) is 17.7. The molecule has 1 heterocycles. The Kier molecular flexibility index (Phi) is 5.69. The van der Waals surface area contributed by atoms with E-state index < -0.39 is 0 Å². The summed E-state index contributed by atoms with van der Waals surface area (Å²) in [6.07, 6.45) is 3.41. The lowest BCUT2D eigenvalue weighted by Gasteiger charge is -2.42. The molecular weight excluding hydrogens is 394 g/mol. The van der Waals surface area contributed by atoms with Crippen molar-refractivity contribution in [3.8, 4) is 11.5 Å². The van der Waals surface area contributed by atoms with E-state index in [9.17, 15) is 4.79 Å². The highest BCUT2D eigenvalue weighted by molar-refractivity contribution is 7.99. The van der Waals surface area contributed by atoms with Crippen LogP contribution in [0.25, 0.3) is 11.5 Å². The Morgan fingerprint density at radius 3 is 2.57 bits per heavy atom. The van der Waals surface area contributed by atoms with Crippen LogP contribution >= 0.6 is 23.4 Å². The van der Waals surface area contributed by atoms with E-state index in [-0.39, 0.29) is 17.1 Å². The molecule has 1 saturated carbocycles. The third kappa shape index (κ3) is 4.08. The van der Waals surface area contributed by atoms with Crippen molar-refractivity contribution in [1.29, 1.82) is 0 Å². The van der Waals surface area contributed by atoms with Gasteiger partial charge in [-0.2, -0.15) is 0 Å². The van der Waals surface area contributed by atoms with Gasteiger partial charge in [0, 0.05) is 12.0 Å². The van der Waals surface area contributed by atoms with Crippen LogP contribution in [0.3, 0.4) is 0 Å². The van der Waals surface area contributed by atoms with Crippen LogP contribution < -0.4 is 5.32 Å². The van der Waals surface area contributed by atoms with Gasteiger partial charge in [-0.05, 0) is 30.5 Å². The number of benzene rings is 2. The first-order chi connectivity index (χ1) is 13.7. The topological polar surface area (TPSA) is 68.0 Å². The van der Waals surface area contributed by atoms with E-state index in [0.29, 0.717) is 28.2 Å². The van der Waals surface area contributed by atoms with E-state index in [1.165, 1.54) is 23.7 Å². The summed E-state index contributed by atoms with van der Waals surface area (Å²) in [6.45, 7) is 0.658. The molecule has 1 amide bonds. The minimum Gasteiger partial charge on any atom is -0.411 e. The van der Waals surface area contributed by atoms with Gasteiger partial charge in [-0.15, -0.1) is 10.2 Å². The quantitative estimate of drug-likeness (QED) is 0.567. The minimum atomic E-state index is -0.0373. The number of aromatic nitrogens is 2. The smallest absolute Gasteiger partial charge is 0.277 e. The maximum absolute atomic E-state index is 12.3. The second kappa shape index (κ2) is 8.37. The zero-order chi connectivity index (χ0) is 19.4. The predicted molar refractivity (Wildman–Crippen MR) is 110 cm³/mol. The molecule has 1 aromatic heterocycles. The highest BCUT2D eigenvalue weighted by atomic mass is 35.5. The monoisotopic (exact) mass is 413 g/mol. The van der Waals surface area contributed by atoms with Crippen LogP contribution in [-0.2, 0) is 10.2 Å². The van der Waals surface area contributed by atoms with Crippen molar-refractivity contribution in [2.75, 3.05) is 12.3 Å². The second-order valence-electron chi connectivity index (χ2n) is 6.92. The number of halogens is 1. The van der Waals surface area contributed by atoms with Gasteiger partial charge >= 0.3 is 0 Å². The SMILES string of the molecule is O=C(CSc1nnc(-c2ccccc2Cl)o1)NCC1(c2ccccc2)CCC1. The van der Waals surface area contributed by atoms with E-state index >= 15 is 0 Å². The number of nitrogens with zero attached hydrogens (tertiary/aromatic N) is 2. The standard InChI is InChI=1S/C21H20ClN3O2S/c22-17-10-5-4-9-16(17)19-24-25-20(27-19)28-13-18(26)23-14-21(11-6-12-21)15-7-2-1-3-8-15/h1-5,7-10H,6,11-14H2,(H,23,26). The molecule has 2 aromatic carbocycles. The van der Waals surface area contributed by atoms with E-state index in [0.717, 1.165) is 12.8 Å². The summed E-state index contributed by atoms with van der Waals surface area (Å²) >= 11 is 7.38.